The highest BCUT2D eigenvalue weighted by Crippen LogP contribution is 1.95. The van der Waals surface area contributed by atoms with Gasteiger partial charge in [0, 0.05) is 6.42 Å². The average molecular weight is 659 g/mol. The Morgan fingerprint density at radius 2 is 0.689 bits per heavy atom. The lowest BCUT2D eigenvalue weighted by Crippen LogP contribution is -2.17. The van der Waals surface area contributed by atoms with Crippen molar-refractivity contribution in [2.45, 2.75) is 12.8 Å². The van der Waals surface area contributed by atoms with Crippen LogP contribution >= 0.6 is 0 Å². The molecule has 0 aliphatic heterocycles. The Morgan fingerprint density at radius 3 is 0.978 bits per heavy atom. The average Bonchev–Trinajstić information content (AvgIpc) is 3.03. The van der Waals surface area contributed by atoms with Crippen molar-refractivity contribution >= 4 is 23.7 Å². The van der Waals surface area contributed by atoms with Crippen molar-refractivity contribution in [3.8, 4) is 0 Å². The second-order valence-corrected chi connectivity index (χ2v) is 8.59. The normalized spacial score (nSPS) is 11.0. The number of rotatable bonds is 36. The lowest BCUT2D eigenvalue weighted by atomic mass is 10.2. The molecule has 0 rings (SSSR count). The van der Waals surface area contributed by atoms with E-state index in [0.29, 0.717) is 119 Å². The number of esters is 2. The van der Waals surface area contributed by atoms with E-state index in [0.717, 1.165) is 0 Å². The fourth-order valence-electron chi connectivity index (χ4n) is 2.80. The molecule has 0 spiro atoms. The van der Waals surface area contributed by atoms with Crippen molar-refractivity contribution < 1.29 is 81.1 Å². The van der Waals surface area contributed by atoms with Gasteiger partial charge in [0.2, 0.25) is 5.78 Å². The Balaban J connectivity index is 3.13. The Morgan fingerprint density at radius 1 is 0.400 bits per heavy atom. The SMILES string of the molecule is COC(=O)COCCOCCOCCOCCOCCOCCOCCOCCOCCOCCOC(=O)CCC(=O)C(=O)O. The highest BCUT2D eigenvalue weighted by atomic mass is 16.6. The second kappa shape index (κ2) is 34.6. The van der Waals surface area contributed by atoms with Gasteiger partial charge in [-0.3, -0.25) is 9.59 Å². The summed E-state index contributed by atoms with van der Waals surface area (Å²) in [6.07, 6.45) is -0.667. The van der Waals surface area contributed by atoms with Crippen LogP contribution in [0.4, 0.5) is 0 Å². The highest BCUT2D eigenvalue weighted by Gasteiger charge is 2.14. The summed E-state index contributed by atoms with van der Waals surface area (Å²) in [4.78, 5) is 43.4. The number of carboxylic acids is 1. The number of carboxylic acid groups (broad SMARTS) is 1. The molecule has 0 aromatic rings. The van der Waals surface area contributed by atoms with Gasteiger partial charge in [-0.1, -0.05) is 0 Å². The summed E-state index contributed by atoms with van der Waals surface area (Å²) in [6.45, 7) is 7.64. The van der Waals surface area contributed by atoms with Crippen LogP contribution in [-0.2, 0) is 76.0 Å². The molecule has 0 aromatic heterocycles. The number of hydrogen-bond acceptors (Lipinski definition) is 16. The smallest absolute Gasteiger partial charge is 0.372 e. The van der Waals surface area contributed by atoms with Gasteiger partial charge in [0.15, 0.2) is 0 Å². The molecule has 0 unspecified atom stereocenters. The van der Waals surface area contributed by atoms with Crippen LogP contribution in [0, 0.1) is 0 Å². The fraction of sp³-hybridized carbons (Fsp3) is 0.857. The van der Waals surface area contributed by atoms with Crippen molar-refractivity contribution in [3.05, 3.63) is 0 Å². The molecule has 0 atom stereocenters. The largest absolute Gasteiger partial charge is 0.476 e. The van der Waals surface area contributed by atoms with Gasteiger partial charge >= 0.3 is 17.9 Å². The molecule has 0 aromatic carbocycles. The number of hydrogen-bond donors (Lipinski definition) is 1. The molecule has 0 saturated heterocycles. The van der Waals surface area contributed by atoms with Crippen LogP contribution in [0.3, 0.4) is 0 Å². The van der Waals surface area contributed by atoms with E-state index in [-0.39, 0.29) is 32.7 Å². The number of ketones is 1. The van der Waals surface area contributed by atoms with Gasteiger partial charge in [-0.15, -0.1) is 0 Å². The maximum atomic E-state index is 11.3. The van der Waals surface area contributed by atoms with Crippen LogP contribution in [-0.4, -0.2) is 175 Å². The molecule has 1 N–H and O–H groups in total. The predicted octanol–water partition coefficient (Wildman–Crippen LogP) is -0.697. The van der Waals surface area contributed by atoms with Gasteiger partial charge in [0.25, 0.3) is 0 Å². The molecular formula is C28H50O17. The van der Waals surface area contributed by atoms with E-state index in [1.54, 1.807) is 0 Å². The molecule has 0 heterocycles. The molecule has 0 aliphatic rings. The summed E-state index contributed by atoms with van der Waals surface area (Å²) in [5.41, 5.74) is 0. The molecule has 264 valence electrons. The molecular weight excluding hydrogens is 608 g/mol. The first-order chi connectivity index (χ1) is 22.0. The van der Waals surface area contributed by atoms with Crippen LogP contribution in [0.1, 0.15) is 12.8 Å². The van der Waals surface area contributed by atoms with Crippen LogP contribution in [0.15, 0.2) is 0 Å². The highest BCUT2D eigenvalue weighted by molar-refractivity contribution is 6.32. The monoisotopic (exact) mass is 658 g/mol. The number of Topliss-reactive ketones (excluding diaryl/α,β-unsaturated/α-hetero) is 1. The van der Waals surface area contributed by atoms with Gasteiger partial charge in [0.1, 0.15) is 13.2 Å². The summed E-state index contributed by atoms with van der Waals surface area (Å²) in [6, 6.07) is 0. The Bertz CT molecular complexity index is 721. The third-order valence-electron chi connectivity index (χ3n) is 5.08. The van der Waals surface area contributed by atoms with Gasteiger partial charge in [-0.05, 0) is 0 Å². The molecule has 17 heteroatoms. The Labute approximate surface area is 263 Å². The summed E-state index contributed by atoms with van der Waals surface area (Å²) < 4.78 is 62.7. The molecule has 0 bridgehead atoms. The molecule has 0 fully saturated rings. The fourth-order valence-corrected chi connectivity index (χ4v) is 2.80. The van der Waals surface area contributed by atoms with Crippen LogP contribution in [0.2, 0.25) is 0 Å². The zero-order valence-electron chi connectivity index (χ0n) is 26.2. The summed E-state index contributed by atoms with van der Waals surface area (Å²) in [5, 5.41) is 8.43. The lowest BCUT2D eigenvalue weighted by Gasteiger charge is -2.09. The van der Waals surface area contributed by atoms with Gasteiger partial charge < -0.3 is 61.9 Å². The van der Waals surface area contributed by atoms with Gasteiger partial charge in [-0.2, -0.15) is 0 Å². The van der Waals surface area contributed by atoms with Crippen LogP contribution in [0.25, 0.3) is 0 Å². The summed E-state index contributed by atoms with van der Waals surface area (Å²) >= 11 is 0. The number of aliphatic carboxylic acids is 1. The molecule has 0 aliphatic carbocycles. The molecule has 0 amide bonds. The third kappa shape index (κ3) is 34.4. The predicted molar refractivity (Wildman–Crippen MR) is 153 cm³/mol. The maximum absolute atomic E-state index is 11.3. The minimum atomic E-state index is -1.57. The van der Waals surface area contributed by atoms with E-state index in [4.69, 9.17) is 57.2 Å². The van der Waals surface area contributed by atoms with E-state index in [1.165, 1.54) is 7.11 Å². The van der Waals surface area contributed by atoms with E-state index < -0.39 is 23.7 Å². The van der Waals surface area contributed by atoms with Crippen molar-refractivity contribution in [2.75, 3.05) is 146 Å². The van der Waals surface area contributed by atoms with Crippen molar-refractivity contribution in [1.82, 2.24) is 0 Å². The summed E-state index contributed by atoms with van der Waals surface area (Å²) in [5.74, 6) is -3.67. The van der Waals surface area contributed by atoms with E-state index in [1.807, 2.05) is 0 Å². The van der Waals surface area contributed by atoms with Crippen LogP contribution in [0.5, 0.6) is 0 Å². The maximum Gasteiger partial charge on any atom is 0.372 e. The van der Waals surface area contributed by atoms with E-state index in [2.05, 4.69) is 4.74 Å². The van der Waals surface area contributed by atoms with Crippen LogP contribution < -0.4 is 0 Å². The Hall–Kier alpha value is -2.32. The first-order valence-electron chi connectivity index (χ1n) is 14.7. The number of methoxy groups -OCH3 is 1. The van der Waals surface area contributed by atoms with Gasteiger partial charge in [-0.25, -0.2) is 9.59 Å². The first kappa shape index (κ1) is 42.7. The van der Waals surface area contributed by atoms with Crippen molar-refractivity contribution in [2.24, 2.45) is 0 Å². The number of ether oxygens (including phenoxy) is 12. The van der Waals surface area contributed by atoms with Crippen molar-refractivity contribution in [1.29, 1.82) is 0 Å². The third-order valence-corrected chi connectivity index (χ3v) is 5.08. The Kier molecular flexibility index (Phi) is 32.8. The summed E-state index contributed by atoms with van der Waals surface area (Å²) in [7, 11) is 1.30. The zero-order chi connectivity index (χ0) is 33.1. The molecule has 45 heavy (non-hydrogen) atoms. The molecule has 0 saturated carbocycles. The first-order valence-corrected chi connectivity index (χ1v) is 14.7. The van der Waals surface area contributed by atoms with Gasteiger partial charge in [0.05, 0.1) is 139 Å². The second-order valence-electron chi connectivity index (χ2n) is 8.59. The molecule has 17 nitrogen and oxygen atoms in total. The van der Waals surface area contributed by atoms with E-state index in [9.17, 15) is 19.2 Å². The zero-order valence-corrected chi connectivity index (χ0v) is 26.2. The number of carbonyl (C=O) groups is 4. The number of carbonyl (C=O) groups excluding carboxylic acids is 3. The van der Waals surface area contributed by atoms with Crippen molar-refractivity contribution in [3.63, 3.8) is 0 Å². The lowest BCUT2D eigenvalue weighted by molar-refractivity contribution is -0.151. The topological polar surface area (TPSA) is 199 Å². The minimum Gasteiger partial charge on any atom is -0.476 e. The quantitative estimate of drug-likeness (QED) is 0.0503. The minimum absolute atomic E-state index is 0.00933. The van der Waals surface area contributed by atoms with E-state index >= 15 is 0 Å². The molecule has 0 radical (unpaired) electrons. The standard InChI is InChI=1S/C28H50O17/c1-34-27(31)24-44-21-20-42-17-16-40-13-12-38-9-8-36-5-4-35-6-7-37-10-11-39-14-15-41-18-19-43-22-23-45-26(30)3-2-25(29)28(32)33/h2-24H2,1H3,(H,32,33).